The molecule has 6 heteroatoms. The zero-order chi connectivity index (χ0) is 16.0. The number of nitrogens with zero attached hydrogens (tertiary/aromatic N) is 1. The third-order valence-electron chi connectivity index (χ3n) is 2.54. The van der Waals surface area contributed by atoms with Crippen LogP contribution >= 0.6 is 0 Å². The Bertz CT molecular complexity index is 509. The maximum atomic E-state index is 11.9. The van der Waals surface area contributed by atoms with Crippen LogP contribution in [-0.2, 0) is 9.59 Å². The summed E-state index contributed by atoms with van der Waals surface area (Å²) in [4.78, 5) is 24.9. The van der Waals surface area contributed by atoms with E-state index < -0.39 is 0 Å². The molecule has 0 radical (unpaired) electrons. The number of hydrogen-bond donors (Lipinski definition) is 2. The molecule has 2 N–H and O–H groups in total. The minimum absolute atomic E-state index is 0.0292. The van der Waals surface area contributed by atoms with Gasteiger partial charge in [-0.1, -0.05) is 12.1 Å². The molecule has 0 aliphatic carbocycles. The van der Waals surface area contributed by atoms with E-state index in [2.05, 4.69) is 5.32 Å². The first-order chi connectivity index (χ1) is 9.69. The van der Waals surface area contributed by atoms with Gasteiger partial charge in [-0.2, -0.15) is 0 Å². The number of benzene rings is 1. The first-order valence-corrected chi connectivity index (χ1v) is 6.65. The van der Waals surface area contributed by atoms with Crippen molar-refractivity contribution in [3.05, 3.63) is 24.3 Å². The average Bonchev–Trinajstić information content (AvgIpc) is 2.34. The Kier molecular flexibility index (Phi) is 5.58. The number of carbonyl (C=O) groups excluding carboxylic acids is 2. The van der Waals surface area contributed by atoms with E-state index in [1.807, 2.05) is 20.8 Å². The van der Waals surface area contributed by atoms with Crippen molar-refractivity contribution in [3.63, 3.8) is 0 Å². The number of amides is 2. The molecule has 0 saturated carbocycles. The van der Waals surface area contributed by atoms with Crippen LogP contribution in [0, 0.1) is 0 Å². The van der Waals surface area contributed by atoms with Gasteiger partial charge in [0.2, 0.25) is 5.91 Å². The fraction of sp³-hybridized carbons (Fsp3) is 0.467. The first-order valence-electron chi connectivity index (χ1n) is 6.65. The largest absolute Gasteiger partial charge is 0.504 e. The smallest absolute Gasteiger partial charge is 0.260 e. The van der Waals surface area contributed by atoms with Crippen molar-refractivity contribution in [2.75, 3.05) is 20.2 Å². The van der Waals surface area contributed by atoms with E-state index in [1.165, 1.54) is 18.0 Å². The quantitative estimate of drug-likeness (QED) is 0.853. The normalized spacial score (nSPS) is 10.9. The summed E-state index contributed by atoms with van der Waals surface area (Å²) in [6.45, 7) is 5.33. The Balaban J connectivity index is 2.45. The summed E-state index contributed by atoms with van der Waals surface area (Å²) in [5, 5.41) is 12.3. The molecule has 1 aromatic carbocycles. The summed E-state index contributed by atoms with van der Waals surface area (Å²) >= 11 is 0. The lowest BCUT2D eigenvalue weighted by atomic mass is 10.1. The molecule has 116 valence electrons. The lowest BCUT2D eigenvalue weighted by molar-refractivity contribution is -0.136. The van der Waals surface area contributed by atoms with Crippen molar-refractivity contribution in [2.24, 2.45) is 0 Å². The van der Waals surface area contributed by atoms with Gasteiger partial charge in [-0.05, 0) is 32.9 Å². The van der Waals surface area contributed by atoms with E-state index in [1.54, 1.807) is 18.2 Å². The maximum Gasteiger partial charge on any atom is 0.260 e. The fourth-order valence-corrected chi connectivity index (χ4v) is 1.59. The van der Waals surface area contributed by atoms with Crippen molar-refractivity contribution < 1.29 is 19.4 Å². The van der Waals surface area contributed by atoms with Crippen molar-refractivity contribution in [1.82, 2.24) is 10.2 Å². The molecule has 0 saturated heterocycles. The lowest BCUT2D eigenvalue weighted by Crippen LogP contribution is -2.47. The first kappa shape index (κ1) is 16.8. The molecule has 0 heterocycles. The predicted molar refractivity (Wildman–Crippen MR) is 79.1 cm³/mol. The molecule has 0 aliphatic heterocycles. The number of rotatable bonds is 5. The van der Waals surface area contributed by atoms with Crippen LogP contribution in [-0.4, -0.2) is 47.6 Å². The van der Waals surface area contributed by atoms with E-state index in [-0.39, 0.29) is 42.0 Å². The Hall–Kier alpha value is -2.24. The van der Waals surface area contributed by atoms with Crippen LogP contribution in [0.2, 0.25) is 0 Å². The number of nitrogens with one attached hydrogen (secondary N) is 1. The summed E-state index contributed by atoms with van der Waals surface area (Å²) in [7, 11) is 1.53. The molecule has 0 unspecified atom stereocenters. The third kappa shape index (κ3) is 6.16. The number of hydrogen-bond acceptors (Lipinski definition) is 4. The van der Waals surface area contributed by atoms with Crippen molar-refractivity contribution >= 4 is 11.8 Å². The highest BCUT2D eigenvalue weighted by molar-refractivity contribution is 5.85. The number of para-hydroxylation sites is 2. The van der Waals surface area contributed by atoms with Crippen LogP contribution in [0.25, 0.3) is 0 Å². The van der Waals surface area contributed by atoms with Crippen molar-refractivity contribution in [1.29, 1.82) is 0 Å². The van der Waals surface area contributed by atoms with Crippen LogP contribution in [0.5, 0.6) is 11.5 Å². The van der Waals surface area contributed by atoms with Gasteiger partial charge in [-0.25, -0.2) is 0 Å². The van der Waals surface area contributed by atoms with E-state index in [0.29, 0.717) is 0 Å². The lowest BCUT2D eigenvalue weighted by Gasteiger charge is -2.23. The molecular weight excluding hydrogens is 272 g/mol. The molecule has 1 rings (SSSR count). The van der Waals surface area contributed by atoms with Gasteiger partial charge >= 0.3 is 0 Å². The summed E-state index contributed by atoms with van der Waals surface area (Å²) in [5.74, 6) is -0.375. The monoisotopic (exact) mass is 294 g/mol. The molecule has 1 aromatic rings. The Morgan fingerprint density at radius 3 is 2.48 bits per heavy atom. The average molecular weight is 294 g/mol. The van der Waals surface area contributed by atoms with E-state index in [0.717, 1.165) is 0 Å². The second-order valence-corrected chi connectivity index (χ2v) is 5.80. The van der Waals surface area contributed by atoms with Gasteiger partial charge in [0, 0.05) is 12.6 Å². The van der Waals surface area contributed by atoms with Crippen LogP contribution < -0.4 is 10.1 Å². The topological polar surface area (TPSA) is 78.9 Å². The molecule has 2 amide bonds. The van der Waals surface area contributed by atoms with Gasteiger partial charge in [-0.15, -0.1) is 0 Å². The Morgan fingerprint density at radius 2 is 1.90 bits per heavy atom. The molecule has 21 heavy (non-hydrogen) atoms. The van der Waals surface area contributed by atoms with Crippen LogP contribution in [0.15, 0.2) is 24.3 Å². The van der Waals surface area contributed by atoms with Gasteiger partial charge in [0.15, 0.2) is 18.1 Å². The van der Waals surface area contributed by atoms with E-state index in [9.17, 15) is 14.7 Å². The molecule has 0 bridgehead atoms. The number of aromatic hydroxyl groups is 1. The summed E-state index contributed by atoms with van der Waals surface area (Å²) in [5.41, 5.74) is -0.340. The van der Waals surface area contributed by atoms with Gasteiger partial charge in [-0.3, -0.25) is 9.59 Å². The third-order valence-corrected chi connectivity index (χ3v) is 2.54. The zero-order valence-corrected chi connectivity index (χ0v) is 12.8. The van der Waals surface area contributed by atoms with Gasteiger partial charge in [0.25, 0.3) is 5.91 Å². The van der Waals surface area contributed by atoms with E-state index >= 15 is 0 Å². The summed E-state index contributed by atoms with van der Waals surface area (Å²) < 4.78 is 5.23. The second-order valence-electron chi connectivity index (χ2n) is 5.80. The summed E-state index contributed by atoms with van der Waals surface area (Å²) in [6.07, 6.45) is 0. The molecule has 0 atom stereocenters. The predicted octanol–water partition coefficient (Wildman–Crippen LogP) is 1.14. The number of ether oxygens (including phenoxy) is 1. The summed E-state index contributed by atoms with van der Waals surface area (Å²) in [6, 6.07) is 6.39. The van der Waals surface area contributed by atoms with Gasteiger partial charge in [0.1, 0.15) is 0 Å². The number of phenolic OH excluding ortho intramolecular Hbond substituents is 1. The fourth-order valence-electron chi connectivity index (χ4n) is 1.59. The molecule has 0 fully saturated rings. The molecule has 0 spiro atoms. The van der Waals surface area contributed by atoms with Crippen LogP contribution in [0.4, 0.5) is 0 Å². The molecule has 6 nitrogen and oxygen atoms in total. The van der Waals surface area contributed by atoms with Crippen LogP contribution in [0.1, 0.15) is 20.8 Å². The molecule has 0 aliphatic rings. The highest BCUT2D eigenvalue weighted by atomic mass is 16.5. The minimum Gasteiger partial charge on any atom is -0.504 e. The zero-order valence-electron chi connectivity index (χ0n) is 12.8. The van der Waals surface area contributed by atoms with Gasteiger partial charge in [0.05, 0.1) is 6.54 Å². The standard InChI is InChI=1S/C15H22N2O4/c1-15(2,3)16-13(19)9-17(4)14(20)10-21-12-8-6-5-7-11(12)18/h5-8,18H,9-10H2,1-4H3,(H,16,19). The SMILES string of the molecule is CN(CC(=O)NC(C)(C)C)C(=O)COc1ccccc1O. The highest BCUT2D eigenvalue weighted by Crippen LogP contribution is 2.24. The number of carbonyl (C=O) groups is 2. The maximum absolute atomic E-state index is 11.9. The molecule has 0 aromatic heterocycles. The minimum atomic E-state index is -0.345. The van der Waals surface area contributed by atoms with Crippen molar-refractivity contribution in [2.45, 2.75) is 26.3 Å². The van der Waals surface area contributed by atoms with E-state index in [4.69, 9.17) is 4.74 Å². The number of likely N-dealkylation sites (N-methyl/N-ethyl adjacent to an activating group) is 1. The molecular formula is C15H22N2O4. The second kappa shape index (κ2) is 6.97. The van der Waals surface area contributed by atoms with Gasteiger partial charge < -0.3 is 20.1 Å². The Morgan fingerprint density at radius 1 is 1.29 bits per heavy atom. The number of phenols is 1. The van der Waals surface area contributed by atoms with Crippen molar-refractivity contribution in [3.8, 4) is 11.5 Å². The Labute approximate surface area is 124 Å². The van der Waals surface area contributed by atoms with Crippen LogP contribution in [0.3, 0.4) is 0 Å². The highest BCUT2D eigenvalue weighted by Gasteiger charge is 2.18.